The van der Waals surface area contributed by atoms with Crippen molar-refractivity contribution in [3.63, 3.8) is 0 Å². The van der Waals surface area contributed by atoms with Gasteiger partial charge in [-0.05, 0) is 43.2 Å². The van der Waals surface area contributed by atoms with E-state index in [0.717, 1.165) is 51.5 Å². The Labute approximate surface area is 195 Å². The van der Waals surface area contributed by atoms with Gasteiger partial charge >= 0.3 is 0 Å². The first-order chi connectivity index (χ1) is 15.1. The zero-order valence-corrected chi connectivity index (χ0v) is 19.6. The molecule has 0 radical (unpaired) electrons. The van der Waals surface area contributed by atoms with Gasteiger partial charge in [0.25, 0.3) is 0 Å². The fourth-order valence-electron chi connectivity index (χ4n) is 3.35. The molecule has 4 rings (SSSR count). The lowest BCUT2D eigenvalue weighted by molar-refractivity contribution is 0.189. The summed E-state index contributed by atoms with van der Waals surface area (Å²) < 4.78 is 7.32. The quantitative estimate of drug-likeness (QED) is 0.168. The monoisotopic (exact) mass is 472 g/mol. The highest BCUT2D eigenvalue weighted by molar-refractivity contribution is 7.98. The third-order valence-corrected chi connectivity index (χ3v) is 6.59. The Morgan fingerprint density at radius 3 is 2.71 bits per heavy atom. The van der Waals surface area contributed by atoms with E-state index < -0.39 is 0 Å². The van der Waals surface area contributed by atoms with Crippen molar-refractivity contribution < 1.29 is 4.74 Å². The number of hydrogen-bond acceptors (Lipinski definition) is 5. The molecule has 8 heteroatoms. The van der Waals surface area contributed by atoms with Crippen LogP contribution in [0.1, 0.15) is 17.5 Å². The van der Waals surface area contributed by atoms with Crippen LogP contribution in [0, 0.1) is 6.92 Å². The van der Waals surface area contributed by atoms with E-state index in [2.05, 4.69) is 37.9 Å². The molecular formula is C23H22Cl2N4OS. The molecule has 31 heavy (non-hydrogen) atoms. The molecule has 0 fully saturated rings. The number of pyridine rings is 1. The van der Waals surface area contributed by atoms with E-state index in [9.17, 15) is 0 Å². The van der Waals surface area contributed by atoms with Crippen molar-refractivity contribution in [2.75, 3.05) is 13.7 Å². The lowest BCUT2D eigenvalue weighted by atomic mass is 10.1. The van der Waals surface area contributed by atoms with Crippen LogP contribution in [0.4, 0.5) is 0 Å². The summed E-state index contributed by atoms with van der Waals surface area (Å²) >= 11 is 14.5. The molecule has 0 amide bonds. The van der Waals surface area contributed by atoms with Gasteiger partial charge in [0.15, 0.2) is 11.0 Å². The zero-order chi connectivity index (χ0) is 21.8. The largest absolute Gasteiger partial charge is 0.385 e. The first kappa shape index (κ1) is 22.1. The van der Waals surface area contributed by atoms with Gasteiger partial charge in [0.1, 0.15) is 5.15 Å². The Balaban J connectivity index is 1.62. The summed E-state index contributed by atoms with van der Waals surface area (Å²) in [5.74, 6) is 1.39. The smallest absolute Gasteiger partial charge is 0.191 e. The number of fused-ring (bicyclic) bond motifs is 1. The maximum Gasteiger partial charge on any atom is 0.191 e. The highest BCUT2D eigenvalue weighted by Gasteiger charge is 2.17. The highest BCUT2D eigenvalue weighted by Crippen LogP contribution is 2.32. The van der Waals surface area contributed by atoms with Gasteiger partial charge < -0.3 is 9.30 Å². The fraction of sp³-hybridized carbons (Fsp3) is 0.261. The van der Waals surface area contributed by atoms with Crippen LogP contribution in [0.3, 0.4) is 0 Å². The van der Waals surface area contributed by atoms with Gasteiger partial charge in [-0.15, -0.1) is 10.2 Å². The number of halogens is 2. The van der Waals surface area contributed by atoms with E-state index in [1.165, 1.54) is 0 Å². The number of aromatic nitrogens is 4. The summed E-state index contributed by atoms with van der Waals surface area (Å²) in [5, 5.41) is 11.9. The van der Waals surface area contributed by atoms with Gasteiger partial charge in [0.2, 0.25) is 0 Å². The summed E-state index contributed by atoms with van der Waals surface area (Å²) in [6, 6.07) is 16.0. The lowest BCUT2D eigenvalue weighted by Crippen LogP contribution is -2.05. The molecule has 2 aromatic heterocycles. The van der Waals surface area contributed by atoms with Crippen LogP contribution in [0.5, 0.6) is 0 Å². The standard InChI is InChI=1S/C23H22Cl2N4OS/c1-15-8-9-16-13-17(21(25)26-20(16)12-15)14-31-23-28-27-22(29(23)10-5-11-30-2)18-6-3-4-7-19(18)24/h3-4,6-9,12-13H,5,10-11,14H2,1-2H3. The molecule has 0 spiro atoms. The molecule has 0 aliphatic rings. The number of ether oxygens (including phenoxy) is 1. The van der Waals surface area contributed by atoms with Crippen LogP contribution in [-0.4, -0.2) is 33.5 Å². The van der Waals surface area contributed by atoms with Gasteiger partial charge in [-0.25, -0.2) is 4.98 Å². The molecule has 0 aliphatic heterocycles. The molecule has 0 saturated heterocycles. The van der Waals surface area contributed by atoms with Gasteiger partial charge in [-0.3, -0.25) is 0 Å². The van der Waals surface area contributed by atoms with Crippen LogP contribution in [0.25, 0.3) is 22.3 Å². The van der Waals surface area contributed by atoms with Crippen LogP contribution in [0.15, 0.2) is 53.7 Å². The molecule has 5 nitrogen and oxygen atoms in total. The first-order valence-electron chi connectivity index (χ1n) is 9.92. The molecule has 2 heterocycles. The molecule has 0 atom stereocenters. The molecule has 2 aromatic carbocycles. The predicted octanol–water partition coefficient (Wildman–Crippen LogP) is 6.44. The number of nitrogens with zero attached hydrogens (tertiary/aromatic N) is 4. The van der Waals surface area contributed by atoms with Crippen molar-refractivity contribution in [3.8, 4) is 11.4 Å². The third-order valence-electron chi connectivity index (χ3n) is 4.92. The molecule has 0 aliphatic carbocycles. The second-order valence-electron chi connectivity index (χ2n) is 7.21. The van der Waals surface area contributed by atoms with Gasteiger partial charge in [0.05, 0.1) is 10.5 Å². The summed E-state index contributed by atoms with van der Waals surface area (Å²) in [6.45, 7) is 3.43. The number of rotatable bonds is 8. The number of methoxy groups -OCH3 is 1. The van der Waals surface area contributed by atoms with E-state index in [4.69, 9.17) is 27.9 Å². The topological polar surface area (TPSA) is 52.8 Å². The number of benzene rings is 2. The van der Waals surface area contributed by atoms with Gasteiger partial charge in [0, 0.05) is 42.5 Å². The molecule has 0 saturated carbocycles. The Bertz CT molecular complexity index is 1210. The SMILES string of the molecule is COCCCn1c(SCc2cc3ccc(C)cc3nc2Cl)nnc1-c1ccccc1Cl. The molecule has 4 aromatic rings. The van der Waals surface area contributed by atoms with Crippen molar-refractivity contribution in [2.24, 2.45) is 0 Å². The molecule has 160 valence electrons. The van der Waals surface area contributed by atoms with Gasteiger partial charge in [-0.1, -0.05) is 59.2 Å². The number of thioether (sulfide) groups is 1. The Morgan fingerprint density at radius 2 is 1.90 bits per heavy atom. The van der Waals surface area contributed by atoms with E-state index in [1.807, 2.05) is 37.3 Å². The Hall–Kier alpha value is -2.12. The van der Waals surface area contributed by atoms with Crippen LogP contribution >= 0.6 is 35.0 Å². The van der Waals surface area contributed by atoms with Crippen molar-refractivity contribution in [1.82, 2.24) is 19.7 Å². The number of aryl methyl sites for hydroxylation is 1. The second kappa shape index (κ2) is 10.0. The molecule has 0 N–H and O–H groups in total. The Kier molecular flexibility index (Phi) is 7.13. The van der Waals surface area contributed by atoms with E-state index >= 15 is 0 Å². The average molecular weight is 473 g/mol. The molecule has 0 bridgehead atoms. The maximum atomic E-state index is 6.48. The molecular weight excluding hydrogens is 451 g/mol. The summed E-state index contributed by atoms with van der Waals surface area (Å²) in [5.41, 5.74) is 3.90. The van der Waals surface area contributed by atoms with Gasteiger partial charge in [-0.2, -0.15) is 0 Å². The minimum atomic E-state index is 0.516. The van der Waals surface area contributed by atoms with Crippen molar-refractivity contribution >= 4 is 45.9 Å². The average Bonchev–Trinajstić information content (AvgIpc) is 3.15. The minimum Gasteiger partial charge on any atom is -0.385 e. The van der Waals surface area contributed by atoms with Crippen LogP contribution < -0.4 is 0 Å². The van der Waals surface area contributed by atoms with Crippen LogP contribution in [0.2, 0.25) is 10.2 Å². The maximum absolute atomic E-state index is 6.48. The fourth-order valence-corrected chi connectivity index (χ4v) is 4.80. The predicted molar refractivity (Wildman–Crippen MR) is 128 cm³/mol. The highest BCUT2D eigenvalue weighted by atomic mass is 35.5. The summed E-state index contributed by atoms with van der Waals surface area (Å²) in [6.07, 6.45) is 0.844. The van der Waals surface area contributed by atoms with Crippen molar-refractivity contribution in [2.45, 2.75) is 30.8 Å². The van der Waals surface area contributed by atoms with E-state index in [1.54, 1.807) is 18.9 Å². The molecule has 0 unspecified atom stereocenters. The first-order valence-corrected chi connectivity index (χ1v) is 11.7. The Morgan fingerprint density at radius 1 is 1.06 bits per heavy atom. The summed E-state index contributed by atoms with van der Waals surface area (Å²) in [7, 11) is 1.70. The summed E-state index contributed by atoms with van der Waals surface area (Å²) in [4.78, 5) is 4.57. The van der Waals surface area contributed by atoms with E-state index in [0.29, 0.717) is 22.5 Å². The van der Waals surface area contributed by atoms with Crippen molar-refractivity contribution in [3.05, 3.63) is 69.8 Å². The minimum absolute atomic E-state index is 0.516. The third kappa shape index (κ3) is 5.04. The lowest BCUT2D eigenvalue weighted by Gasteiger charge is -2.11. The number of hydrogen-bond donors (Lipinski definition) is 0. The van der Waals surface area contributed by atoms with E-state index in [-0.39, 0.29) is 0 Å². The normalized spacial score (nSPS) is 11.4. The van der Waals surface area contributed by atoms with Crippen molar-refractivity contribution in [1.29, 1.82) is 0 Å². The van der Waals surface area contributed by atoms with Crippen LogP contribution in [-0.2, 0) is 17.0 Å². The second-order valence-corrected chi connectivity index (χ2v) is 8.91. The zero-order valence-electron chi connectivity index (χ0n) is 17.3.